The second-order valence-corrected chi connectivity index (χ2v) is 9.24. The van der Waals surface area contributed by atoms with Crippen LogP contribution in [0.4, 0.5) is 0 Å². The number of fused-ring (bicyclic) bond motifs is 1. The minimum absolute atomic E-state index is 0. The van der Waals surface area contributed by atoms with Gasteiger partial charge in [-0.15, -0.1) is 12.4 Å². The first kappa shape index (κ1) is 25.9. The van der Waals surface area contributed by atoms with E-state index in [1.165, 1.54) is 11.1 Å². The van der Waals surface area contributed by atoms with Gasteiger partial charge in [0.2, 0.25) is 0 Å². The van der Waals surface area contributed by atoms with Gasteiger partial charge in [-0.05, 0) is 42.6 Å². The van der Waals surface area contributed by atoms with E-state index in [-0.39, 0.29) is 29.7 Å². The zero-order valence-electron chi connectivity index (χ0n) is 20.4. The number of aromatic amines is 1. The Hall–Kier alpha value is -3.19. The summed E-state index contributed by atoms with van der Waals surface area (Å²) in [6.45, 7) is 5.76. The minimum Gasteiger partial charge on any atom is -0.301 e. The van der Waals surface area contributed by atoms with Crippen LogP contribution in [0.1, 0.15) is 30.0 Å². The lowest BCUT2D eigenvalue weighted by molar-refractivity contribution is 0.108. The highest BCUT2D eigenvalue weighted by Gasteiger charge is 2.26. The molecule has 6 nitrogen and oxygen atoms in total. The van der Waals surface area contributed by atoms with Crippen molar-refractivity contribution in [3.8, 4) is 0 Å². The third-order valence-corrected chi connectivity index (χ3v) is 7.01. The summed E-state index contributed by atoms with van der Waals surface area (Å²) in [5.74, 6) is 0. The Labute approximate surface area is 217 Å². The van der Waals surface area contributed by atoms with Gasteiger partial charge < -0.3 is 4.90 Å². The van der Waals surface area contributed by atoms with Gasteiger partial charge in [0.1, 0.15) is 0 Å². The maximum atomic E-state index is 12.4. The standard InChI is InChI=1S/C29H32N4O2.ClH/c34-28-25-15-7-8-16-26(25)33(29(35)30-28)18-10-9-17-31-19-21-32(22-20-31)27(23-11-3-1-4-12-23)24-13-5-2-6-14-24;/h1-8,11-16,27H,9-10,17-22H2,(H,30,34,35);1H. The number of aromatic nitrogens is 2. The number of hydrogen-bond acceptors (Lipinski definition) is 4. The molecule has 5 rings (SSSR count). The Balaban J connectivity index is 0.00000304. The molecule has 0 saturated carbocycles. The molecule has 2 heterocycles. The van der Waals surface area contributed by atoms with Gasteiger partial charge in [-0.2, -0.15) is 0 Å². The normalized spacial score (nSPS) is 14.7. The average Bonchev–Trinajstić information content (AvgIpc) is 2.90. The van der Waals surface area contributed by atoms with Gasteiger partial charge in [-0.25, -0.2) is 4.79 Å². The molecule has 1 fully saturated rings. The molecule has 0 atom stereocenters. The van der Waals surface area contributed by atoms with Gasteiger partial charge in [0.15, 0.2) is 0 Å². The van der Waals surface area contributed by atoms with Crippen molar-refractivity contribution in [1.29, 1.82) is 0 Å². The summed E-state index contributed by atoms with van der Waals surface area (Å²) in [6.07, 6.45) is 1.91. The van der Waals surface area contributed by atoms with Gasteiger partial charge in [0, 0.05) is 32.7 Å². The van der Waals surface area contributed by atoms with E-state index in [1.807, 2.05) is 18.2 Å². The van der Waals surface area contributed by atoms with Crippen molar-refractivity contribution in [2.24, 2.45) is 0 Å². The molecule has 0 radical (unpaired) electrons. The van der Waals surface area contributed by atoms with Crippen LogP contribution in [-0.4, -0.2) is 52.1 Å². The molecule has 0 bridgehead atoms. The molecule has 1 aliphatic heterocycles. The smallest absolute Gasteiger partial charge is 0.301 e. The third-order valence-electron chi connectivity index (χ3n) is 7.01. The largest absolute Gasteiger partial charge is 0.328 e. The van der Waals surface area contributed by atoms with Crippen LogP contribution in [0.3, 0.4) is 0 Å². The molecule has 1 saturated heterocycles. The number of hydrogen-bond donors (Lipinski definition) is 1. The SMILES string of the molecule is Cl.O=c1[nH]c(=O)n(CCCCN2CCN(C(c3ccccc3)c3ccccc3)CC2)c2ccccc12. The van der Waals surface area contributed by atoms with E-state index in [9.17, 15) is 9.59 Å². The van der Waals surface area contributed by atoms with E-state index in [0.717, 1.165) is 45.6 Å². The van der Waals surface area contributed by atoms with E-state index in [4.69, 9.17) is 0 Å². The lowest BCUT2D eigenvalue weighted by Crippen LogP contribution is -2.48. The maximum Gasteiger partial charge on any atom is 0.328 e. The molecule has 1 aromatic heterocycles. The molecule has 4 aromatic rings. The molecule has 0 amide bonds. The van der Waals surface area contributed by atoms with Gasteiger partial charge in [0.05, 0.1) is 16.9 Å². The Kier molecular flexibility index (Phi) is 8.75. The van der Waals surface area contributed by atoms with Crippen LogP contribution in [-0.2, 0) is 6.54 Å². The van der Waals surface area contributed by atoms with E-state index >= 15 is 0 Å². The van der Waals surface area contributed by atoms with Gasteiger partial charge in [0.25, 0.3) is 5.56 Å². The molecular formula is C29H33ClN4O2. The highest BCUT2D eigenvalue weighted by molar-refractivity contribution is 5.85. The lowest BCUT2D eigenvalue weighted by Gasteiger charge is -2.39. The molecule has 3 aromatic carbocycles. The van der Waals surface area contributed by atoms with E-state index in [1.54, 1.807) is 10.6 Å². The lowest BCUT2D eigenvalue weighted by atomic mass is 9.96. The number of H-pyrrole nitrogens is 1. The number of aryl methyl sites for hydroxylation is 1. The predicted molar refractivity (Wildman–Crippen MR) is 148 cm³/mol. The van der Waals surface area contributed by atoms with Crippen molar-refractivity contribution in [1.82, 2.24) is 19.4 Å². The number of para-hydroxylation sites is 1. The van der Waals surface area contributed by atoms with Crippen molar-refractivity contribution < 1.29 is 0 Å². The molecule has 0 aliphatic carbocycles. The van der Waals surface area contributed by atoms with Gasteiger partial charge >= 0.3 is 5.69 Å². The highest BCUT2D eigenvalue weighted by Crippen LogP contribution is 2.29. The Bertz CT molecular complexity index is 1320. The summed E-state index contributed by atoms with van der Waals surface area (Å²) in [5.41, 5.74) is 2.75. The fourth-order valence-electron chi connectivity index (χ4n) is 5.20. The van der Waals surface area contributed by atoms with Crippen LogP contribution in [0, 0.1) is 0 Å². The highest BCUT2D eigenvalue weighted by atomic mass is 35.5. The van der Waals surface area contributed by atoms with Crippen molar-refractivity contribution in [3.05, 3.63) is 117 Å². The summed E-state index contributed by atoms with van der Waals surface area (Å²) in [4.78, 5) is 32.0. The average molecular weight is 505 g/mol. The number of rotatable bonds is 8. The first-order valence-electron chi connectivity index (χ1n) is 12.5. The second kappa shape index (κ2) is 12.2. The summed E-state index contributed by atoms with van der Waals surface area (Å²) in [7, 11) is 0. The molecule has 1 aliphatic rings. The minimum atomic E-state index is -0.324. The molecule has 36 heavy (non-hydrogen) atoms. The fraction of sp³-hybridized carbons (Fsp3) is 0.310. The van der Waals surface area contributed by atoms with Gasteiger partial charge in [-0.3, -0.25) is 19.2 Å². The van der Waals surface area contributed by atoms with E-state index in [0.29, 0.717) is 17.4 Å². The number of nitrogens with one attached hydrogen (secondary N) is 1. The van der Waals surface area contributed by atoms with Crippen molar-refractivity contribution in [2.75, 3.05) is 32.7 Å². The number of halogens is 1. The summed E-state index contributed by atoms with van der Waals surface area (Å²) < 4.78 is 1.69. The van der Waals surface area contributed by atoms with E-state index in [2.05, 4.69) is 75.4 Å². The molecule has 0 unspecified atom stereocenters. The molecule has 188 valence electrons. The number of unbranched alkanes of at least 4 members (excludes halogenated alkanes) is 1. The first-order valence-corrected chi connectivity index (χ1v) is 12.5. The van der Waals surface area contributed by atoms with Crippen molar-refractivity contribution >= 4 is 23.3 Å². The monoisotopic (exact) mass is 504 g/mol. The Morgan fingerprint density at radius 2 is 1.25 bits per heavy atom. The number of nitrogens with zero attached hydrogens (tertiary/aromatic N) is 3. The van der Waals surface area contributed by atoms with Crippen LogP contribution in [0.2, 0.25) is 0 Å². The zero-order chi connectivity index (χ0) is 24.0. The summed E-state index contributed by atoms with van der Waals surface area (Å²) >= 11 is 0. The number of piperazine rings is 1. The van der Waals surface area contributed by atoms with Crippen molar-refractivity contribution in [2.45, 2.75) is 25.4 Å². The third kappa shape index (κ3) is 5.78. The first-order chi connectivity index (χ1) is 17.2. The van der Waals surface area contributed by atoms with Crippen LogP contribution < -0.4 is 11.2 Å². The maximum absolute atomic E-state index is 12.4. The van der Waals surface area contributed by atoms with Crippen LogP contribution in [0.25, 0.3) is 10.9 Å². The van der Waals surface area contributed by atoms with Crippen LogP contribution in [0.15, 0.2) is 94.5 Å². The quantitative estimate of drug-likeness (QED) is 0.363. The molecule has 1 N–H and O–H groups in total. The predicted octanol–water partition coefficient (Wildman–Crippen LogP) is 4.30. The van der Waals surface area contributed by atoms with Crippen LogP contribution in [0.5, 0.6) is 0 Å². The topological polar surface area (TPSA) is 61.3 Å². The van der Waals surface area contributed by atoms with Crippen LogP contribution >= 0.6 is 12.4 Å². The number of benzene rings is 3. The molecular weight excluding hydrogens is 472 g/mol. The van der Waals surface area contributed by atoms with Gasteiger partial charge in [-0.1, -0.05) is 72.8 Å². The van der Waals surface area contributed by atoms with E-state index < -0.39 is 0 Å². The van der Waals surface area contributed by atoms with Crippen molar-refractivity contribution in [3.63, 3.8) is 0 Å². The molecule has 7 heteroatoms. The Morgan fingerprint density at radius 3 is 1.89 bits per heavy atom. The Morgan fingerprint density at radius 1 is 0.694 bits per heavy atom. The molecule has 0 spiro atoms. The fourth-order valence-corrected chi connectivity index (χ4v) is 5.20. The summed E-state index contributed by atoms with van der Waals surface area (Å²) in [5, 5.41) is 0.564. The zero-order valence-corrected chi connectivity index (χ0v) is 21.2. The summed E-state index contributed by atoms with van der Waals surface area (Å²) in [6, 6.07) is 29.1. The second-order valence-electron chi connectivity index (χ2n) is 9.24.